The first-order valence-corrected chi connectivity index (χ1v) is 34.8. The van der Waals surface area contributed by atoms with E-state index in [0.717, 1.165) is 64.2 Å². The number of esters is 1. The molecule has 79 heavy (non-hydrogen) atoms. The SMILES string of the molecule is CCCCC/C=C\C/C=C\C/C=C\CCCCCCCCCCCCCCCCC(=O)NC(COP(=O)(O)OCC[N+](C)(C)C)C(/C=C\CCCCCCCCCCCCC)OC(=O)CC/C=C/C/C=C\CCCCCCCC. The van der Waals surface area contributed by atoms with Crippen molar-refractivity contribution in [2.75, 3.05) is 40.9 Å². The van der Waals surface area contributed by atoms with Gasteiger partial charge < -0.3 is 19.4 Å². The summed E-state index contributed by atoms with van der Waals surface area (Å²) in [5.74, 6) is -0.578. The van der Waals surface area contributed by atoms with Gasteiger partial charge in [-0.15, -0.1) is 0 Å². The fourth-order valence-electron chi connectivity index (χ4n) is 9.47. The summed E-state index contributed by atoms with van der Waals surface area (Å²) in [7, 11) is 1.47. The number of ether oxygens (including phenoxy) is 1. The second-order valence-electron chi connectivity index (χ2n) is 23.6. The Morgan fingerprint density at radius 1 is 0.443 bits per heavy atom. The van der Waals surface area contributed by atoms with E-state index in [1.165, 1.54) is 199 Å². The first-order chi connectivity index (χ1) is 38.4. The van der Waals surface area contributed by atoms with Crippen LogP contribution in [0.4, 0.5) is 0 Å². The molecule has 0 rings (SSSR count). The van der Waals surface area contributed by atoms with Crippen LogP contribution >= 0.6 is 7.82 Å². The van der Waals surface area contributed by atoms with Crippen LogP contribution in [0, 0.1) is 0 Å². The molecule has 0 aromatic carbocycles. The summed E-state index contributed by atoms with van der Waals surface area (Å²) in [6, 6.07) is -0.873. The monoisotopic (exact) mass is 1130 g/mol. The molecule has 3 atom stereocenters. The zero-order chi connectivity index (χ0) is 57.9. The second-order valence-corrected chi connectivity index (χ2v) is 25.1. The number of nitrogens with one attached hydrogen (secondary N) is 1. The molecular weight excluding hydrogens is 1000 g/mol. The zero-order valence-electron chi connectivity index (χ0n) is 52.6. The minimum Gasteiger partial charge on any atom is -0.456 e. The molecule has 0 heterocycles. The van der Waals surface area contributed by atoms with Gasteiger partial charge in [-0.3, -0.25) is 18.6 Å². The molecule has 0 saturated carbocycles. The smallest absolute Gasteiger partial charge is 0.456 e. The zero-order valence-corrected chi connectivity index (χ0v) is 53.5. The average molecular weight is 1130 g/mol. The molecule has 9 nitrogen and oxygen atoms in total. The lowest BCUT2D eigenvalue weighted by molar-refractivity contribution is -0.870. The van der Waals surface area contributed by atoms with Gasteiger partial charge in [-0.1, -0.05) is 274 Å². The van der Waals surface area contributed by atoms with Crippen molar-refractivity contribution in [3.05, 3.63) is 72.9 Å². The predicted octanol–water partition coefficient (Wildman–Crippen LogP) is 20.8. The van der Waals surface area contributed by atoms with Gasteiger partial charge in [-0.2, -0.15) is 0 Å². The van der Waals surface area contributed by atoms with Crippen molar-refractivity contribution in [3.8, 4) is 0 Å². The number of phosphoric acid groups is 1. The molecule has 0 radical (unpaired) electrons. The lowest BCUT2D eigenvalue weighted by atomic mass is 10.0. The van der Waals surface area contributed by atoms with Gasteiger partial charge in [0.15, 0.2) is 0 Å². The largest absolute Gasteiger partial charge is 0.472 e. The van der Waals surface area contributed by atoms with Crippen LogP contribution in [0.5, 0.6) is 0 Å². The van der Waals surface area contributed by atoms with Crippen molar-refractivity contribution in [1.29, 1.82) is 0 Å². The van der Waals surface area contributed by atoms with Crippen molar-refractivity contribution < 1.29 is 37.3 Å². The number of rotatable bonds is 60. The summed E-state index contributed by atoms with van der Waals surface area (Å²) in [6.07, 6.45) is 76.4. The van der Waals surface area contributed by atoms with Crippen molar-refractivity contribution in [2.45, 2.75) is 315 Å². The number of likely N-dealkylation sites (N-methyl/N-ethyl adjacent to an activating group) is 1. The van der Waals surface area contributed by atoms with Crippen LogP contribution in [0.15, 0.2) is 72.9 Å². The quantitative estimate of drug-likeness (QED) is 0.0205. The minimum atomic E-state index is -4.46. The molecule has 0 spiro atoms. The molecule has 3 unspecified atom stereocenters. The lowest BCUT2D eigenvalue weighted by Crippen LogP contribution is -2.47. The number of unbranched alkanes of at least 4 members (excludes halogenated alkanes) is 34. The third kappa shape index (κ3) is 59.9. The van der Waals surface area contributed by atoms with Gasteiger partial charge in [0.05, 0.1) is 33.8 Å². The highest BCUT2D eigenvalue weighted by molar-refractivity contribution is 7.47. The third-order valence-corrected chi connectivity index (χ3v) is 15.6. The summed E-state index contributed by atoms with van der Waals surface area (Å²) < 4.78 is 30.7. The van der Waals surface area contributed by atoms with Crippen molar-refractivity contribution in [1.82, 2.24) is 5.32 Å². The maximum Gasteiger partial charge on any atom is 0.472 e. The van der Waals surface area contributed by atoms with Crippen LogP contribution < -0.4 is 5.32 Å². The van der Waals surface area contributed by atoms with Crippen molar-refractivity contribution >= 4 is 19.7 Å². The van der Waals surface area contributed by atoms with E-state index < -0.39 is 20.0 Å². The van der Waals surface area contributed by atoms with E-state index in [9.17, 15) is 19.0 Å². The summed E-state index contributed by atoms with van der Waals surface area (Å²) >= 11 is 0. The highest BCUT2D eigenvalue weighted by atomic mass is 31.2. The normalized spacial score (nSPS) is 14.1. The Morgan fingerprint density at radius 3 is 1.20 bits per heavy atom. The molecule has 0 aliphatic carbocycles. The van der Waals surface area contributed by atoms with Gasteiger partial charge in [0.25, 0.3) is 0 Å². The topological polar surface area (TPSA) is 111 Å². The standard InChI is InChI=1S/C69H127N2O7P/c1-7-10-13-16-19-22-25-28-29-30-31-32-33-34-35-36-37-38-39-40-41-44-46-49-52-55-58-61-68(72)70-66(65-77-79(74,75)76-64-63-71(4,5)6)67(60-57-54-51-48-45-42-26-23-20-17-14-11-8-2)78-69(73)62-59-56-53-50-47-43-27-24-21-18-15-12-9-3/h19,22,28-29,31-32,43,47,53,56-57,60,66-67H,7-18,20-21,23-27,30,33-42,44-46,48-52,54-55,58-59,61-65H2,1-6H3,(H-,70,72,74,75)/p+1/b22-19-,29-28-,32-31-,47-43-,56-53+,60-57-. The molecule has 0 aromatic heterocycles. The Morgan fingerprint density at radius 2 is 0.785 bits per heavy atom. The van der Waals surface area contributed by atoms with Gasteiger partial charge in [0.2, 0.25) is 5.91 Å². The van der Waals surface area contributed by atoms with E-state index in [0.29, 0.717) is 23.9 Å². The molecule has 0 aromatic rings. The molecule has 0 saturated heterocycles. The maximum atomic E-state index is 13.6. The van der Waals surface area contributed by atoms with Gasteiger partial charge in [-0.25, -0.2) is 4.57 Å². The molecule has 10 heteroatoms. The van der Waals surface area contributed by atoms with Gasteiger partial charge in [0.1, 0.15) is 19.3 Å². The maximum absolute atomic E-state index is 13.6. The summed E-state index contributed by atoms with van der Waals surface area (Å²) in [5, 5.41) is 3.05. The molecule has 1 amide bonds. The number of allylic oxidation sites excluding steroid dienone is 11. The van der Waals surface area contributed by atoms with E-state index in [1.807, 2.05) is 39.4 Å². The number of hydrogen-bond acceptors (Lipinski definition) is 6. The van der Waals surface area contributed by atoms with Gasteiger partial charge in [0, 0.05) is 12.8 Å². The van der Waals surface area contributed by atoms with E-state index in [-0.39, 0.29) is 31.5 Å². The number of phosphoric ester groups is 1. The summed E-state index contributed by atoms with van der Waals surface area (Å²) in [5.41, 5.74) is 0. The van der Waals surface area contributed by atoms with Crippen LogP contribution in [0.3, 0.4) is 0 Å². The van der Waals surface area contributed by atoms with Crippen LogP contribution in [0.1, 0.15) is 303 Å². The third-order valence-electron chi connectivity index (χ3n) is 14.6. The molecule has 0 aliphatic heterocycles. The van der Waals surface area contributed by atoms with E-state index in [4.69, 9.17) is 13.8 Å². The Balaban J connectivity index is 5.09. The van der Waals surface area contributed by atoms with Crippen molar-refractivity contribution in [2.24, 2.45) is 0 Å². The first kappa shape index (κ1) is 76.5. The lowest BCUT2D eigenvalue weighted by Gasteiger charge is -2.27. The van der Waals surface area contributed by atoms with Crippen LogP contribution in [-0.4, -0.2) is 74.3 Å². The number of amides is 1. The number of hydrogen-bond donors (Lipinski definition) is 2. The molecular formula is C69H128N2O7P+. The predicted molar refractivity (Wildman–Crippen MR) is 341 cm³/mol. The Bertz CT molecular complexity index is 1580. The summed E-state index contributed by atoms with van der Waals surface area (Å²) in [4.78, 5) is 37.7. The first-order valence-electron chi connectivity index (χ1n) is 33.3. The van der Waals surface area contributed by atoms with Crippen LogP contribution in [0.2, 0.25) is 0 Å². The number of quaternary nitrogens is 1. The highest BCUT2D eigenvalue weighted by Crippen LogP contribution is 2.43. The van der Waals surface area contributed by atoms with Gasteiger partial charge in [-0.05, 0) is 89.5 Å². The number of carbonyl (C=O) groups is 2. The second kappa shape index (κ2) is 58.6. The summed E-state index contributed by atoms with van der Waals surface area (Å²) in [6.45, 7) is 6.96. The number of carbonyl (C=O) groups excluding carboxylic acids is 2. The van der Waals surface area contributed by atoms with Crippen molar-refractivity contribution in [3.63, 3.8) is 0 Å². The van der Waals surface area contributed by atoms with Crippen LogP contribution in [0.25, 0.3) is 0 Å². The Hall–Kier alpha value is -2.55. The molecule has 0 fully saturated rings. The fourth-order valence-corrected chi connectivity index (χ4v) is 10.2. The molecule has 2 N–H and O–H groups in total. The van der Waals surface area contributed by atoms with Gasteiger partial charge >= 0.3 is 13.8 Å². The Kier molecular flexibility index (Phi) is 56.7. The Labute approximate surface area is 489 Å². The molecule has 460 valence electrons. The van der Waals surface area contributed by atoms with E-state index in [1.54, 1.807) is 0 Å². The van der Waals surface area contributed by atoms with Crippen LogP contribution in [-0.2, 0) is 27.9 Å². The van der Waals surface area contributed by atoms with E-state index >= 15 is 0 Å². The van der Waals surface area contributed by atoms with E-state index in [2.05, 4.69) is 80.8 Å². The molecule has 0 aliphatic rings. The highest BCUT2D eigenvalue weighted by Gasteiger charge is 2.30. The average Bonchev–Trinajstić information content (AvgIpc) is 3.41. The number of nitrogens with zero attached hydrogens (tertiary/aromatic N) is 1. The fraction of sp³-hybridized carbons (Fsp3) is 0.797. The molecule has 0 bridgehead atoms. The minimum absolute atomic E-state index is 0.0316.